The molecule has 0 bridgehead atoms. The zero-order valence-corrected chi connectivity index (χ0v) is 13.0. The first kappa shape index (κ1) is 14.9. The van der Waals surface area contributed by atoms with Gasteiger partial charge in [0.2, 0.25) is 0 Å². The maximum absolute atomic E-state index is 3.50. The minimum Gasteiger partial charge on any atom is -0.313 e. The molecule has 3 heteroatoms. The number of nitrogens with one attached hydrogen (secondary N) is 1. The second-order valence-electron chi connectivity index (χ2n) is 4.18. The largest absolute Gasteiger partial charge is 0.313 e. The molecule has 0 radical (unpaired) electrons. The van der Waals surface area contributed by atoms with Crippen LogP contribution in [0, 0.1) is 3.57 Å². The van der Waals surface area contributed by atoms with Crippen LogP contribution in [-0.4, -0.2) is 31.1 Å². The topological polar surface area (TPSA) is 15.3 Å². The Morgan fingerprint density at radius 1 is 1.12 bits per heavy atom. The summed E-state index contributed by atoms with van der Waals surface area (Å²) in [7, 11) is 0. The molecule has 1 N–H and O–H groups in total. The molecule has 1 aromatic carbocycles. The van der Waals surface area contributed by atoms with Crippen LogP contribution in [0.2, 0.25) is 0 Å². The standard InChI is InChI=1S/C14H23IN2/c1-3-17(4-2)11-5-10-16-12-13-6-8-14(15)9-7-13/h6-9,16H,3-5,10-12H2,1-2H3. The minimum atomic E-state index is 0.981. The normalized spacial score (nSPS) is 11.1. The highest BCUT2D eigenvalue weighted by Crippen LogP contribution is 2.06. The average molecular weight is 346 g/mol. The summed E-state index contributed by atoms with van der Waals surface area (Å²) in [5.74, 6) is 0. The predicted octanol–water partition coefficient (Wildman–Crippen LogP) is 3.11. The monoisotopic (exact) mass is 346 g/mol. The van der Waals surface area contributed by atoms with Gasteiger partial charge in [-0.3, -0.25) is 0 Å². The lowest BCUT2D eigenvalue weighted by atomic mass is 10.2. The third-order valence-electron chi connectivity index (χ3n) is 2.96. The molecule has 0 aliphatic heterocycles. The van der Waals surface area contributed by atoms with E-state index in [1.165, 1.54) is 22.1 Å². The van der Waals surface area contributed by atoms with Gasteiger partial charge in [0.15, 0.2) is 0 Å². The number of hydrogen-bond donors (Lipinski definition) is 1. The van der Waals surface area contributed by atoms with Crippen LogP contribution in [0.15, 0.2) is 24.3 Å². The average Bonchev–Trinajstić information content (AvgIpc) is 2.36. The predicted molar refractivity (Wildman–Crippen MR) is 83.3 cm³/mol. The van der Waals surface area contributed by atoms with Crippen LogP contribution in [0.5, 0.6) is 0 Å². The summed E-state index contributed by atoms with van der Waals surface area (Å²) >= 11 is 2.34. The van der Waals surface area contributed by atoms with Gasteiger partial charge in [-0.15, -0.1) is 0 Å². The van der Waals surface area contributed by atoms with Crippen molar-refractivity contribution in [1.29, 1.82) is 0 Å². The Bertz CT molecular complexity index is 294. The van der Waals surface area contributed by atoms with Crippen molar-refractivity contribution in [3.63, 3.8) is 0 Å². The van der Waals surface area contributed by atoms with E-state index in [9.17, 15) is 0 Å². The lowest BCUT2D eigenvalue weighted by molar-refractivity contribution is 0.298. The Hall–Kier alpha value is -0.130. The van der Waals surface area contributed by atoms with Gasteiger partial charge in [0.05, 0.1) is 0 Å². The molecule has 0 aromatic heterocycles. The van der Waals surface area contributed by atoms with Crippen molar-refractivity contribution in [2.45, 2.75) is 26.8 Å². The first-order chi connectivity index (χ1) is 8.26. The lowest BCUT2D eigenvalue weighted by Gasteiger charge is -2.17. The van der Waals surface area contributed by atoms with Gasteiger partial charge < -0.3 is 10.2 Å². The van der Waals surface area contributed by atoms with Gasteiger partial charge in [-0.1, -0.05) is 26.0 Å². The van der Waals surface area contributed by atoms with E-state index in [4.69, 9.17) is 0 Å². The highest BCUT2D eigenvalue weighted by molar-refractivity contribution is 14.1. The molecule has 0 unspecified atom stereocenters. The van der Waals surface area contributed by atoms with Crippen LogP contribution in [0.3, 0.4) is 0 Å². The maximum atomic E-state index is 3.50. The van der Waals surface area contributed by atoms with Crippen LogP contribution in [0.25, 0.3) is 0 Å². The minimum absolute atomic E-state index is 0.981. The molecule has 96 valence electrons. The van der Waals surface area contributed by atoms with E-state index in [0.29, 0.717) is 0 Å². The fourth-order valence-electron chi connectivity index (χ4n) is 1.80. The van der Waals surface area contributed by atoms with Crippen LogP contribution in [0.1, 0.15) is 25.8 Å². The molecule has 0 saturated carbocycles. The summed E-state index contributed by atoms with van der Waals surface area (Å²) in [5.41, 5.74) is 1.37. The first-order valence-corrected chi connectivity index (χ1v) is 7.51. The zero-order chi connectivity index (χ0) is 12.5. The van der Waals surface area contributed by atoms with Crippen molar-refractivity contribution < 1.29 is 0 Å². The van der Waals surface area contributed by atoms with Gasteiger partial charge in [0, 0.05) is 10.1 Å². The number of halogens is 1. The molecule has 0 atom stereocenters. The molecule has 0 aliphatic rings. The van der Waals surface area contributed by atoms with E-state index < -0.39 is 0 Å². The van der Waals surface area contributed by atoms with E-state index in [-0.39, 0.29) is 0 Å². The van der Waals surface area contributed by atoms with Crippen LogP contribution >= 0.6 is 22.6 Å². The smallest absolute Gasteiger partial charge is 0.0205 e. The van der Waals surface area contributed by atoms with Gasteiger partial charge in [0.25, 0.3) is 0 Å². The van der Waals surface area contributed by atoms with Gasteiger partial charge >= 0.3 is 0 Å². The van der Waals surface area contributed by atoms with E-state index in [2.05, 4.69) is 70.9 Å². The molecule has 0 amide bonds. The summed E-state index contributed by atoms with van der Waals surface area (Å²) in [6, 6.07) is 8.71. The Morgan fingerprint density at radius 3 is 2.35 bits per heavy atom. The van der Waals surface area contributed by atoms with E-state index in [0.717, 1.165) is 26.2 Å². The van der Waals surface area contributed by atoms with Crippen molar-refractivity contribution in [2.24, 2.45) is 0 Å². The number of benzene rings is 1. The molecule has 0 saturated heterocycles. The maximum Gasteiger partial charge on any atom is 0.0205 e. The Balaban J connectivity index is 2.10. The number of rotatable bonds is 8. The van der Waals surface area contributed by atoms with E-state index >= 15 is 0 Å². The SMILES string of the molecule is CCN(CC)CCCNCc1ccc(I)cc1. The van der Waals surface area contributed by atoms with Crippen LogP contribution in [-0.2, 0) is 6.54 Å². The van der Waals surface area contributed by atoms with Crippen molar-refractivity contribution in [1.82, 2.24) is 10.2 Å². The molecule has 1 aromatic rings. The zero-order valence-electron chi connectivity index (χ0n) is 10.9. The summed E-state index contributed by atoms with van der Waals surface area (Å²) in [4.78, 5) is 2.46. The van der Waals surface area contributed by atoms with Gasteiger partial charge in [-0.25, -0.2) is 0 Å². The Labute approximate surface area is 119 Å². The number of nitrogens with zero attached hydrogens (tertiary/aromatic N) is 1. The second-order valence-corrected chi connectivity index (χ2v) is 5.43. The molecular formula is C14H23IN2. The highest BCUT2D eigenvalue weighted by Gasteiger charge is 1.98. The van der Waals surface area contributed by atoms with Crippen molar-refractivity contribution in [3.05, 3.63) is 33.4 Å². The van der Waals surface area contributed by atoms with Crippen LogP contribution < -0.4 is 5.32 Å². The summed E-state index contributed by atoms with van der Waals surface area (Å²) in [6.07, 6.45) is 1.23. The Kier molecular flexibility index (Phi) is 7.81. The fourth-order valence-corrected chi connectivity index (χ4v) is 2.16. The summed E-state index contributed by atoms with van der Waals surface area (Å²) < 4.78 is 1.30. The van der Waals surface area contributed by atoms with Crippen molar-refractivity contribution in [2.75, 3.05) is 26.2 Å². The van der Waals surface area contributed by atoms with Gasteiger partial charge in [0.1, 0.15) is 0 Å². The number of hydrogen-bond acceptors (Lipinski definition) is 2. The molecular weight excluding hydrogens is 323 g/mol. The van der Waals surface area contributed by atoms with Crippen LogP contribution in [0.4, 0.5) is 0 Å². The Morgan fingerprint density at radius 2 is 1.76 bits per heavy atom. The third-order valence-corrected chi connectivity index (χ3v) is 3.68. The van der Waals surface area contributed by atoms with E-state index in [1.807, 2.05) is 0 Å². The third kappa shape index (κ3) is 6.38. The quantitative estimate of drug-likeness (QED) is 0.575. The van der Waals surface area contributed by atoms with Gasteiger partial charge in [-0.2, -0.15) is 0 Å². The molecule has 0 aliphatic carbocycles. The van der Waals surface area contributed by atoms with Crippen molar-refractivity contribution in [3.8, 4) is 0 Å². The van der Waals surface area contributed by atoms with Crippen molar-refractivity contribution >= 4 is 22.6 Å². The molecule has 17 heavy (non-hydrogen) atoms. The molecule has 0 fully saturated rings. The fraction of sp³-hybridized carbons (Fsp3) is 0.571. The molecule has 2 nitrogen and oxygen atoms in total. The second kappa shape index (κ2) is 8.89. The van der Waals surface area contributed by atoms with Gasteiger partial charge in [-0.05, 0) is 72.9 Å². The summed E-state index contributed by atoms with van der Waals surface area (Å²) in [6.45, 7) is 10.1. The highest BCUT2D eigenvalue weighted by atomic mass is 127. The molecule has 0 spiro atoms. The first-order valence-electron chi connectivity index (χ1n) is 6.43. The summed E-state index contributed by atoms with van der Waals surface area (Å²) in [5, 5.41) is 3.50. The molecule has 1 rings (SSSR count). The van der Waals surface area contributed by atoms with E-state index in [1.54, 1.807) is 0 Å². The lowest BCUT2D eigenvalue weighted by Crippen LogP contribution is -2.27. The molecule has 0 heterocycles.